The van der Waals surface area contributed by atoms with Crippen LogP contribution in [0.2, 0.25) is 0 Å². The van der Waals surface area contributed by atoms with Gasteiger partial charge in [-0.25, -0.2) is 9.59 Å². The van der Waals surface area contributed by atoms with E-state index in [9.17, 15) is 60.2 Å². The van der Waals surface area contributed by atoms with E-state index in [4.69, 9.17) is 24.8 Å². The van der Waals surface area contributed by atoms with E-state index in [1.807, 2.05) is 6.92 Å². The molecule has 0 aromatic heterocycles. The minimum absolute atomic E-state index is 0.00149. The van der Waals surface area contributed by atoms with Gasteiger partial charge in [0.15, 0.2) is 6.29 Å². The quantitative estimate of drug-likeness (QED) is 0.101. The number of carbonyl (C=O) groups excluding carboxylic acids is 2. The van der Waals surface area contributed by atoms with Crippen LogP contribution in [-0.2, 0) is 14.3 Å². The van der Waals surface area contributed by atoms with E-state index in [-0.39, 0.29) is 36.0 Å². The van der Waals surface area contributed by atoms with E-state index in [1.165, 1.54) is 31.2 Å². The first-order chi connectivity index (χ1) is 27.8. The third kappa shape index (κ3) is 13.9. The van der Waals surface area contributed by atoms with Crippen molar-refractivity contribution < 1.29 is 89.7 Å². The molecule has 2 heterocycles. The van der Waals surface area contributed by atoms with Crippen LogP contribution in [0.4, 0.5) is 45.8 Å². The lowest BCUT2D eigenvalue weighted by Crippen LogP contribution is -2.40. The molecule has 2 aliphatic heterocycles. The number of fused-ring (bicyclic) bond motifs is 2. The van der Waals surface area contributed by atoms with Gasteiger partial charge in [0.05, 0.1) is 23.3 Å². The molecule has 2 atom stereocenters. The van der Waals surface area contributed by atoms with Crippen LogP contribution in [0.15, 0.2) is 94.9 Å². The van der Waals surface area contributed by atoms with E-state index >= 15 is 0 Å². The number of phenols is 2. The van der Waals surface area contributed by atoms with E-state index in [0.717, 1.165) is 28.8 Å². The smallest absolute Gasteiger partial charge is 0.430 e. The molecule has 4 aromatic carbocycles. The molecule has 0 saturated heterocycles. The van der Waals surface area contributed by atoms with Gasteiger partial charge in [-0.3, -0.25) is 4.79 Å². The van der Waals surface area contributed by atoms with Crippen LogP contribution < -0.4 is 9.47 Å². The average molecular weight is 901 g/mol. The standard InChI is InChI=1S/C14H13F3O3.C12H9F3O3.C8H8O2.C6H5F5OS/c1-3-19-13(18)10-7-9-5-4-8(2)6-11(9)20-12(10)14(15,16)17;1-6-2-3-7-5-8(11(16)17)10(12(13,14)15)18-9(7)4-6;1-6-2-3-7(5-9)8(10)4-6;7-13(8,9,10,11)6-3-1-2-5(12)4-6/h4-7,12H,3H2,1-2H3;2-5,10H,1H3,(H,16,17);2-5,10H,1H3;1-4,12H. The van der Waals surface area contributed by atoms with Crippen molar-refractivity contribution in [3.63, 3.8) is 0 Å². The van der Waals surface area contributed by atoms with Crippen LogP contribution in [0.5, 0.6) is 23.0 Å². The maximum Gasteiger partial charge on any atom is 0.430 e. The summed E-state index contributed by atoms with van der Waals surface area (Å²) in [6.07, 6.45) is -11.4. The summed E-state index contributed by atoms with van der Waals surface area (Å²) in [4.78, 5) is 30.6. The molecule has 61 heavy (non-hydrogen) atoms. The van der Waals surface area contributed by atoms with Crippen LogP contribution in [-0.4, -0.2) is 64.7 Å². The molecule has 0 amide bonds. The van der Waals surface area contributed by atoms with Crippen molar-refractivity contribution in [1.82, 2.24) is 0 Å². The number of aromatic hydroxyl groups is 2. The lowest BCUT2D eigenvalue weighted by molar-refractivity contribution is -0.187. The molecule has 332 valence electrons. The number of hydrogen-bond donors (Lipinski definition) is 3. The zero-order valence-electron chi connectivity index (χ0n) is 32.0. The second-order valence-electron chi connectivity index (χ2n) is 13.0. The summed E-state index contributed by atoms with van der Waals surface area (Å²) in [6.45, 7) is 6.84. The maximum absolute atomic E-state index is 13.0. The number of carboxylic acids is 1. The van der Waals surface area contributed by atoms with Crippen LogP contribution in [0, 0.1) is 20.8 Å². The number of alkyl halides is 6. The number of carboxylic acid groups (broad SMARTS) is 1. The van der Waals surface area contributed by atoms with E-state index in [0.29, 0.717) is 29.0 Å². The number of benzene rings is 4. The number of ether oxygens (including phenoxy) is 3. The summed E-state index contributed by atoms with van der Waals surface area (Å²) in [5, 5.41) is 26.5. The number of aryl methyl sites for hydroxylation is 3. The third-order valence-corrected chi connectivity index (χ3v) is 9.09. The summed E-state index contributed by atoms with van der Waals surface area (Å²) in [6, 6.07) is 16.2. The molecule has 0 radical (unpaired) electrons. The fraction of sp³-hybridized carbons (Fsp3) is 0.225. The first-order valence-electron chi connectivity index (χ1n) is 17.1. The number of aliphatic carboxylic acids is 1. The highest BCUT2D eigenvalue weighted by atomic mass is 32.5. The number of esters is 1. The first-order valence-corrected chi connectivity index (χ1v) is 19.1. The summed E-state index contributed by atoms with van der Waals surface area (Å²) in [5.41, 5.74) is 2.22. The molecule has 0 spiro atoms. The minimum Gasteiger partial charge on any atom is -0.508 e. The Morgan fingerprint density at radius 2 is 1.16 bits per heavy atom. The van der Waals surface area contributed by atoms with Crippen molar-refractivity contribution in [1.29, 1.82) is 0 Å². The fourth-order valence-corrected chi connectivity index (χ4v) is 5.79. The van der Waals surface area contributed by atoms with E-state index in [2.05, 4.69) is 4.74 Å². The Morgan fingerprint density at radius 3 is 1.56 bits per heavy atom. The van der Waals surface area contributed by atoms with Gasteiger partial charge in [-0.1, -0.05) is 55.8 Å². The summed E-state index contributed by atoms with van der Waals surface area (Å²) in [5.74, 6) is -3.28. The molecule has 0 fully saturated rings. The molecule has 3 N–H and O–H groups in total. The Labute approximate surface area is 340 Å². The monoisotopic (exact) mass is 900 g/mol. The first kappa shape index (κ1) is 49.1. The van der Waals surface area contributed by atoms with Gasteiger partial charge in [0.25, 0.3) is 0 Å². The van der Waals surface area contributed by atoms with Crippen LogP contribution in [0.25, 0.3) is 12.2 Å². The maximum atomic E-state index is 13.0. The Morgan fingerprint density at radius 1 is 0.705 bits per heavy atom. The second kappa shape index (κ2) is 17.8. The number of hydrogen-bond acceptors (Lipinski definition) is 8. The Bertz CT molecular complexity index is 2340. The second-order valence-corrected chi connectivity index (χ2v) is 15.4. The molecule has 0 bridgehead atoms. The minimum atomic E-state index is -9.62. The Kier molecular flexibility index (Phi) is 14.3. The van der Waals surface area contributed by atoms with Crippen molar-refractivity contribution in [2.24, 2.45) is 0 Å². The normalized spacial score (nSPS) is 16.6. The number of aldehydes is 1. The zero-order valence-corrected chi connectivity index (χ0v) is 32.8. The third-order valence-electron chi connectivity index (χ3n) is 7.94. The molecule has 4 aromatic rings. The lowest BCUT2D eigenvalue weighted by atomic mass is 10.00. The van der Waals surface area contributed by atoms with Gasteiger partial charge in [0, 0.05) is 17.2 Å². The lowest BCUT2D eigenvalue weighted by Gasteiger charge is -2.40. The predicted molar refractivity (Wildman–Crippen MR) is 201 cm³/mol. The van der Waals surface area contributed by atoms with Crippen LogP contribution >= 0.6 is 10.2 Å². The highest BCUT2D eigenvalue weighted by molar-refractivity contribution is 8.45. The average Bonchev–Trinajstić information content (AvgIpc) is 3.13. The van der Waals surface area contributed by atoms with Gasteiger partial charge in [0.2, 0.25) is 12.2 Å². The topological polar surface area (TPSA) is 140 Å². The van der Waals surface area contributed by atoms with E-state index in [1.54, 1.807) is 50.2 Å². The molecular formula is C40H35F11O9S. The number of rotatable bonds is 5. The molecular weight excluding hydrogens is 865 g/mol. The number of phenolic OH excluding ortho intramolecular Hbond substituents is 2. The summed E-state index contributed by atoms with van der Waals surface area (Å²) >= 11 is 0. The molecule has 9 nitrogen and oxygen atoms in total. The molecule has 2 unspecified atom stereocenters. The fourth-order valence-electron chi connectivity index (χ4n) is 5.11. The van der Waals surface area contributed by atoms with Gasteiger partial charge in [-0.2, -0.15) is 26.3 Å². The SMILES string of the molecule is CCOC(=O)C1=Cc2ccc(C)cc2OC1C(F)(F)F.Cc1ccc(C=O)c(O)c1.Cc1ccc2c(c1)OC(C(F)(F)F)C(C(=O)O)=C2.Oc1cccc(S(F)(F)(F)(F)F)c1. The summed E-state index contributed by atoms with van der Waals surface area (Å²) < 4.78 is 152. The van der Waals surface area contributed by atoms with E-state index < -0.39 is 68.5 Å². The molecule has 6 rings (SSSR count). The number of carbonyl (C=O) groups is 3. The molecule has 0 aliphatic carbocycles. The van der Waals surface area contributed by atoms with Crippen molar-refractivity contribution >= 4 is 40.6 Å². The Balaban J connectivity index is 0.000000224. The largest absolute Gasteiger partial charge is 0.508 e. The Hall–Kier alpha value is -6.25. The highest BCUT2D eigenvalue weighted by Gasteiger charge is 2.65. The highest BCUT2D eigenvalue weighted by Crippen LogP contribution is 3.02. The predicted octanol–water partition coefficient (Wildman–Crippen LogP) is 11.6. The van der Waals surface area contributed by atoms with Crippen molar-refractivity contribution in [3.8, 4) is 23.0 Å². The molecule has 2 aliphatic rings. The van der Waals surface area contributed by atoms with Gasteiger partial charge in [0.1, 0.15) is 27.9 Å². The van der Waals surface area contributed by atoms with Crippen molar-refractivity contribution in [2.45, 2.75) is 57.2 Å². The van der Waals surface area contributed by atoms with Gasteiger partial charge in [-0.05, 0) is 92.9 Å². The van der Waals surface area contributed by atoms with Crippen molar-refractivity contribution in [3.05, 3.63) is 123 Å². The van der Waals surface area contributed by atoms with Crippen molar-refractivity contribution in [2.75, 3.05) is 6.61 Å². The van der Waals surface area contributed by atoms with Gasteiger partial charge >= 0.3 is 34.5 Å². The number of halogens is 11. The van der Waals surface area contributed by atoms with Gasteiger partial charge < -0.3 is 29.5 Å². The molecule has 21 heteroatoms. The summed E-state index contributed by atoms with van der Waals surface area (Å²) in [7, 11) is -9.62. The zero-order chi connectivity index (χ0) is 46.4. The van der Waals surface area contributed by atoms with Crippen LogP contribution in [0.1, 0.15) is 45.1 Å². The molecule has 0 saturated carbocycles. The van der Waals surface area contributed by atoms with Crippen LogP contribution in [0.3, 0.4) is 0 Å². The van der Waals surface area contributed by atoms with Gasteiger partial charge in [-0.15, -0.1) is 0 Å².